The van der Waals surface area contributed by atoms with Gasteiger partial charge in [0.05, 0.1) is 12.7 Å². The van der Waals surface area contributed by atoms with Crippen LogP contribution in [-0.2, 0) is 0 Å². The van der Waals surface area contributed by atoms with Gasteiger partial charge in [-0.1, -0.05) is 12.1 Å². The van der Waals surface area contributed by atoms with Crippen LogP contribution in [0.15, 0.2) is 60.7 Å². The molecule has 5 aromatic rings. The molecule has 0 bridgehead atoms. The van der Waals surface area contributed by atoms with E-state index in [9.17, 15) is 22.0 Å². The van der Waals surface area contributed by atoms with Crippen molar-refractivity contribution in [2.45, 2.75) is 0 Å². The van der Waals surface area contributed by atoms with Crippen molar-refractivity contribution in [1.29, 1.82) is 0 Å². The Bertz CT molecular complexity index is 1640. The Balaban J connectivity index is 2.05. The Morgan fingerprint density at radius 3 is 1.63 bits per heavy atom. The molecule has 0 saturated carbocycles. The fourth-order valence-electron chi connectivity index (χ4n) is 4.33. The molecule has 0 atom stereocenters. The maximum Gasteiger partial charge on any atom is 0.159 e. The first-order valence-corrected chi connectivity index (χ1v) is 10.2. The largest absolute Gasteiger partial charge is 0.497 e. The fraction of sp³-hybridized carbons (Fsp3) is 0.0370. The van der Waals surface area contributed by atoms with Gasteiger partial charge in [-0.15, -0.1) is 0 Å². The highest BCUT2D eigenvalue weighted by Crippen LogP contribution is 2.46. The topological polar surface area (TPSA) is 9.23 Å². The summed E-state index contributed by atoms with van der Waals surface area (Å²) in [6.45, 7) is 0. The van der Waals surface area contributed by atoms with E-state index in [2.05, 4.69) is 0 Å². The van der Waals surface area contributed by atoms with E-state index >= 15 is 8.78 Å². The van der Waals surface area contributed by atoms with Crippen molar-refractivity contribution in [2.75, 3.05) is 7.11 Å². The Hall–Kier alpha value is -4.07. The van der Waals surface area contributed by atoms with Crippen LogP contribution in [0.3, 0.4) is 0 Å². The highest BCUT2D eigenvalue weighted by molar-refractivity contribution is 6.21. The highest BCUT2D eigenvalue weighted by atomic mass is 19.2. The molecule has 0 amide bonds. The summed E-state index contributed by atoms with van der Waals surface area (Å²) in [6.07, 6.45) is 0. The van der Waals surface area contributed by atoms with Crippen LogP contribution in [0.2, 0.25) is 0 Å². The van der Waals surface area contributed by atoms with E-state index in [-0.39, 0.29) is 44.0 Å². The van der Waals surface area contributed by atoms with Gasteiger partial charge in [-0.3, -0.25) is 0 Å². The first kappa shape index (κ1) is 22.7. The molecule has 0 radical (unpaired) electrons. The van der Waals surface area contributed by atoms with Crippen LogP contribution < -0.4 is 4.74 Å². The molecule has 0 unspecified atom stereocenters. The molecule has 5 aromatic carbocycles. The lowest BCUT2D eigenvalue weighted by molar-refractivity contribution is 0.407. The van der Waals surface area contributed by atoms with Crippen LogP contribution in [0.25, 0.3) is 43.8 Å². The van der Waals surface area contributed by atoms with Gasteiger partial charge in [0.1, 0.15) is 23.2 Å². The first-order valence-electron chi connectivity index (χ1n) is 10.2. The van der Waals surface area contributed by atoms with E-state index in [4.69, 9.17) is 4.74 Å². The Morgan fingerprint density at radius 2 is 1.03 bits per heavy atom. The molecule has 8 heteroatoms. The van der Waals surface area contributed by atoms with Gasteiger partial charge in [-0.2, -0.15) is 0 Å². The Kier molecular flexibility index (Phi) is 5.39. The molecule has 0 aromatic heterocycles. The average Bonchev–Trinajstić information content (AvgIpc) is 2.81. The van der Waals surface area contributed by atoms with Crippen LogP contribution in [0.5, 0.6) is 5.75 Å². The van der Waals surface area contributed by atoms with Crippen molar-refractivity contribution in [3.63, 3.8) is 0 Å². The Morgan fingerprint density at radius 1 is 0.457 bits per heavy atom. The molecule has 0 aliphatic carbocycles. The standard InChI is InChI=1S/C27H13F7O/c1-35-14-8-23(33)27(24(34)9-14)26-16-7-13(28)3-4-15(16)25(12-2-5-19(29)20(30)6-12)17-10-21(31)22(32)11-18(17)26/h2-11H,1H3. The first-order chi connectivity index (χ1) is 16.7. The summed E-state index contributed by atoms with van der Waals surface area (Å²) in [5.41, 5.74) is -0.684. The third-order valence-electron chi connectivity index (χ3n) is 5.83. The minimum atomic E-state index is -1.32. The van der Waals surface area contributed by atoms with Crippen molar-refractivity contribution < 1.29 is 35.5 Å². The summed E-state index contributed by atoms with van der Waals surface area (Å²) in [7, 11) is 1.21. The predicted octanol–water partition coefficient (Wildman–Crippen LogP) is 8.31. The van der Waals surface area contributed by atoms with Gasteiger partial charge in [0.15, 0.2) is 23.3 Å². The number of rotatable bonds is 3. The van der Waals surface area contributed by atoms with Crippen LogP contribution in [-0.4, -0.2) is 7.11 Å². The third kappa shape index (κ3) is 3.65. The van der Waals surface area contributed by atoms with Gasteiger partial charge in [-0.05, 0) is 69.1 Å². The number of hydrogen-bond acceptors (Lipinski definition) is 1. The van der Waals surface area contributed by atoms with Crippen molar-refractivity contribution in [3.8, 4) is 28.0 Å². The number of halogens is 7. The molecule has 0 heterocycles. The molecule has 0 N–H and O–H groups in total. The van der Waals surface area contributed by atoms with E-state index in [1.165, 1.54) is 19.2 Å². The van der Waals surface area contributed by atoms with Crippen molar-refractivity contribution in [1.82, 2.24) is 0 Å². The zero-order valence-corrected chi connectivity index (χ0v) is 17.8. The molecule has 176 valence electrons. The number of hydrogen-bond donors (Lipinski definition) is 0. The van der Waals surface area contributed by atoms with Gasteiger partial charge < -0.3 is 4.74 Å². The molecular weight excluding hydrogens is 473 g/mol. The molecule has 5 rings (SSSR count). The number of ether oxygens (including phenoxy) is 1. The second-order valence-corrected chi connectivity index (χ2v) is 7.85. The Labute approximate surface area is 194 Å². The number of fused-ring (bicyclic) bond motifs is 2. The highest BCUT2D eigenvalue weighted by Gasteiger charge is 2.24. The lowest BCUT2D eigenvalue weighted by Crippen LogP contribution is -1.99. The van der Waals surface area contributed by atoms with Gasteiger partial charge >= 0.3 is 0 Å². The van der Waals surface area contributed by atoms with Crippen LogP contribution >= 0.6 is 0 Å². The van der Waals surface area contributed by atoms with Gasteiger partial charge in [0.25, 0.3) is 0 Å². The quantitative estimate of drug-likeness (QED) is 0.184. The second kappa shape index (κ2) is 8.30. The average molecular weight is 486 g/mol. The zero-order valence-electron chi connectivity index (χ0n) is 17.8. The predicted molar refractivity (Wildman–Crippen MR) is 119 cm³/mol. The van der Waals surface area contributed by atoms with Crippen molar-refractivity contribution in [2.24, 2.45) is 0 Å². The summed E-state index contributed by atoms with van der Waals surface area (Å²) in [6, 6.07) is 9.56. The lowest BCUT2D eigenvalue weighted by atomic mass is 9.85. The van der Waals surface area contributed by atoms with Crippen LogP contribution in [0.1, 0.15) is 0 Å². The molecule has 0 fully saturated rings. The fourth-order valence-corrected chi connectivity index (χ4v) is 4.33. The maximum absolute atomic E-state index is 15.2. The number of benzene rings is 5. The van der Waals surface area contributed by atoms with Gasteiger partial charge in [0.2, 0.25) is 0 Å². The van der Waals surface area contributed by atoms with E-state index < -0.39 is 46.3 Å². The third-order valence-corrected chi connectivity index (χ3v) is 5.83. The van der Waals surface area contributed by atoms with E-state index in [1.54, 1.807) is 0 Å². The number of methoxy groups -OCH3 is 1. The summed E-state index contributed by atoms with van der Waals surface area (Å²) in [4.78, 5) is 0. The smallest absolute Gasteiger partial charge is 0.159 e. The molecule has 0 spiro atoms. The SMILES string of the molecule is COc1cc(F)c(-c2c3cc(F)ccc3c(-c3ccc(F)c(F)c3)c3cc(F)c(F)cc23)c(F)c1. The summed E-state index contributed by atoms with van der Waals surface area (Å²) in [5, 5.41) is -0.102. The molecule has 1 nitrogen and oxygen atoms in total. The molecule has 0 aliphatic heterocycles. The molecule has 0 aliphatic rings. The van der Waals surface area contributed by atoms with E-state index in [1.807, 2.05) is 0 Å². The molecular formula is C27H13F7O. The summed E-state index contributed by atoms with van der Waals surface area (Å²) >= 11 is 0. The van der Waals surface area contributed by atoms with Crippen molar-refractivity contribution in [3.05, 3.63) is 101 Å². The zero-order chi connectivity index (χ0) is 25.0. The monoisotopic (exact) mass is 486 g/mol. The minimum Gasteiger partial charge on any atom is -0.497 e. The van der Waals surface area contributed by atoms with Crippen LogP contribution in [0, 0.1) is 40.7 Å². The minimum absolute atomic E-state index is 0.0429. The van der Waals surface area contributed by atoms with Gasteiger partial charge in [-0.25, -0.2) is 30.7 Å². The van der Waals surface area contributed by atoms with E-state index in [0.29, 0.717) is 0 Å². The van der Waals surface area contributed by atoms with Crippen molar-refractivity contribution >= 4 is 21.5 Å². The van der Waals surface area contributed by atoms with E-state index in [0.717, 1.165) is 48.5 Å². The normalized spacial score (nSPS) is 11.4. The molecule has 0 saturated heterocycles. The van der Waals surface area contributed by atoms with Gasteiger partial charge in [0, 0.05) is 17.7 Å². The summed E-state index contributed by atoms with van der Waals surface area (Å²) in [5.74, 6) is -8.00. The molecule has 35 heavy (non-hydrogen) atoms. The summed E-state index contributed by atoms with van der Waals surface area (Å²) < 4.78 is 106. The second-order valence-electron chi connectivity index (χ2n) is 7.85. The lowest BCUT2D eigenvalue weighted by Gasteiger charge is -2.19. The van der Waals surface area contributed by atoms with Crippen LogP contribution in [0.4, 0.5) is 30.7 Å². The maximum atomic E-state index is 15.2.